The summed E-state index contributed by atoms with van der Waals surface area (Å²) in [7, 11) is 1.59. The van der Waals surface area contributed by atoms with E-state index in [1.54, 1.807) is 30.2 Å². The molecule has 3 aromatic carbocycles. The molecule has 0 aliphatic carbocycles. The predicted molar refractivity (Wildman–Crippen MR) is 116 cm³/mol. The summed E-state index contributed by atoms with van der Waals surface area (Å²) in [4.78, 5) is 29.5. The van der Waals surface area contributed by atoms with Gasteiger partial charge in [-0.1, -0.05) is 36.4 Å². The lowest BCUT2D eigenvalue weighted by atomic mass is 10.0. The molecule has 0 saturated carbocycles. The molecule has 0 spiro atoms. The van der Waals surface area contributed by atoms with Crippen LogP contribution in [0.4, 0.5) is 0 Å². The molecule has 1 fully saturated rings. The maximum atomic E-state index is 13.1. The first-order valence-corrected chi connectivity index (χ1v) is 10.3. The van der Waals surface area contributed by atoms with Crippen LogP contribution in [0.3, 0.4) is 0 Å². The number of amides is 2. The molecular formula is C23H21BrN2O3. The molecule has 0 unspecified atom stereocenters. The van der Waals surface area contributed by atoms with E-state index in [1.165, 1.54) is 0 Å². The summed E-state index contributed by atoms with van der Waals surface area (Å²) in [6, 6.07) is 19.0. The van der Waals surface area contributed by atoms with Gasteiger partial charge in [0.25, 0.3) is 11.8 Å². The Labute approximate surface area is 178 Å². The van der Waals surface area contributed by atoms with E-state index in [-0.39, 0.29) is 11.8 Å². The number of fused-ring (bicyclic) bond motifs is 1. The van der Waals surface area contributed by atoms with Gasteiger partial charge in [-0.25, -0.2) is 0 Å². The smallest absolute Gasteiger partial charge is 0.254 e. The van der Waals surface area contributed by atoms with E-state index in [1.807, 2.05) is 47.4 Å². The number of piperazine rings is 1. The number of carbonyl (C=O) groups is 2. The van der Waals surface area contributed by atoms with Crippen LogP contribution in [-0.2, 0) is 0 Å². The van der Waals surface area contributed by atoms with E-state index in [2.05, 4.69) is 15.9 Å². The monoisotopic (exact) mass is 452 g/mol. The fraction of sp³-hybridized carbons (Fsp3) is 0.217. The van der Waals surface area contributed by atoms with Crippen LogP contribution in [0.15, 0.2) is 65.1 Å². The normalized spacial score (nSPS) is 14.1. The molecule has 2 amide bonds. The zero-order chi connectivity index (χ0) is 20.4. The largest absolute Gasteiger partial charge is 0.496 e. The van der Waals surface area contributed by atoms with Crippen molar-refractivity contribution in [3.05, 3.63) is 76.3 Å². The minimum absolute atomic E-state index is 0.0149. The first kappa shape index (κ1) is 19.5. The summed E-state index contributed by atoms with van der Waals surface area (Å²) in [5, 5.41) is 2.01. The van der Waals surface area contributed by atoms with Crippen LogP contribution >= 0.6 is 15.9 Å². The topological polar surface area (TPSA) is 49.9 Å². The van der Waals surface area contributed by atoms with Crippen molar-refractivity contribution >= 4 is 38.5 Å². The molecule has 0 atom stereocenters. The fourth-order valence-electron chi connectivity index (χ4n) is 3.68. The van der Waals surface area contributed by atoms with Crippen LogP contribution in [0.1, 0.15) is 20.7 Å². The van der Waals surface area contributed by atoms with Crippen LogP contribution in [-0.4, -0.2) is 54.9 Å². The predicted octanol–water partition coefficient (Wildman–Crippen LogP) is 4.21. The van der Waals surface area contributed by atoms with Crippen molar-refractivity contribution in [3.63, 3.8) is 0 Å². The van der Waals surface area contributed by atoms with Crippen LogP contribution in [0, 0.1) is 0 Å². The third kappa shape index (κ3) is 3.85. The van der Waals surface area contributed by atoms with Crippen molar-refractivity contribution in [2.24, 2.45) is 0 Å². The van der Waals surface area contributed by atoms with E-state index in [4.69, 9.17) is 4.74 Å². The van der Waals surface area contributed by atoms with Crippen molar-refractivity contribution in [1.82, 2.24) is 9.80 Å². The van der Waals surface area contributed by atoms with Gasteiger partial charge in [-0.2, -0.15) is 0 Å². The highest BCUT2D eigenvalue weighted by Crippen LogP contribution is 2.26. The Balaban J connectivity index is 1.45. The minimum Gasteiger partial charge on any atom is -0.496 e. The highest BCUT2D eigenvalue weighted by molar-refractivity contribution is 9.10. The van der Waals surface area contributed by atoms with Gasteiger partial charge in [-0.3, -0.25) is 9.59 Å². The quantitative estimate of drug-likeness (QED) is 0.597. The van der Waals surface area contributed by atoms with Gasteiger partial charge >= 0.3 is 0 Å². The van der Waals surface area contributed by atoms with Gasteiger partial charge in [0.15, 0.2) is 0 Å². The maximum Gasteiger partial charge on any atom is 0.254 e. The third-order valence-electron chi connectivity index (χ3n) is 5.27. The Morgan fingerprint density at radius 3 is 2.21 bits per heavy atom. The number of hydrogen-bond acceptors (Lipinski definition) is 3. The second kappa shape index (κ2) is 8.25. The lowest BCUT2D eigenvalue weighted by Crippen LogP contribution is -2.50. The summed E-state index contributed by atoms with van der Waals surface area (Å²) < 4.78 is 5.97. The van der Waals surface area contributed by atoms with Gasteiger partial charge in [0.1, 0.15) is 5.75 Å². The van der Waals surface area contributed by atoms with Crippen molar-refractivity contribution < 1.29 is 14.3 Å². The van der Waals surface area contributed by atoms with E-state index < -0.39 is 0 Å². The highest BCUT2D eigenvalue weighted by atomic mass is 79.9. The highest BCUT2D eigenvalue weighted by Gasteiger charge is 2.26. The summed E-state index contributed by atoms with van der Waals surface area (Å²) in [5.74, 6) is 0.666. The van der Waals surface area contributed by atoms with Gasteiger partial charge < -0.3 is 14.5 Å². The zero-order valence-electron chi connectivity index (χ0n) is 16.1. The molecule has 1 heterocycles. The molecule has 5 nitrogen and oxygen atoms in total. The summed E-state index contributed by atoms with van der Waals surface area (Å²) in [6.45, 7) is 2.06. The molecular weight excluding hydrogens is 432 g/mol. The molecule has 3 aromatic rings. The number of benzene rings is 3. The first-order valence-electron chi connectivity index (χ1n) is 9.48. The van der Waals surface area contributed by atoms with E-state index >= 15 is 0 Å². The van der Waals surface area contributed by atoms with E-state index in [0.717, 1.165) is 15.2 Å². The van der Waals surface area contributed by atoms with Crippen molar-refractivity contribution in [2.75, 3.05) is 33.3 Å². The molecule has 1 aliphatic heterocycles. The Bertz CT molecular complexity index is 1070. The lowest BCUT2D eigenvalue weighted by Gasteiger charge is -2.35. The summed E-state index contributed by atoms with van der Waals surface area (Å²) >= 11 is 3.43. The standard InChI is InChI=1S/C23H21BrN2O3/c1-29-21-10-9-17(15-20(21)24)22(27)25-11-13-26(14-12-25)23(28)19-8-4-6-16-5-2-3-7-18(16)19/h2-10,15H,11-14H2,1H3. The molecule has 6 heteroatoms. The molecule has 0 radical (unpaired) electrons. The molecule has 1 saturated heterocycles. The SMILES string of the molecule is COc1ccc(C(=O)N2CCN(C(=O)c3cccc4ccccc34)CC2)cc1Br. The van der Waals surface area contributed by atoms with Crippen molar-refractivity contribution in [1.29, 1.82) is 0 Å². The molecule has 148 valence electrons. The van der Waals surface area contributed by atoms with Crippen LogP contribution in [0.5, 0.6) is 5.75 Å². The van der Waals surface area contributed by atoms with Gasteiger partial charge in [-0.05, 0) is 51.0 Å². The minimum atomic E-state index is -0.0365. The first-order chi connectivity index (χ1) is 14.1. The molecule has 0 bridgehead atoms. The number of methoxy groups -OCH3 is 1. The van der Waals surface area contributed by atoms with E-state index in [0.29, 0.717) is 43.1 Å². The van der Waals surface area contributed by atoms with Crippen LogP contribution in [0.25, 0.3) is 10.8 Å². The Morgan fingerprint density at radius 2 is 1.52 bits per heavy atom. The number of carbonyl (C=O) groups excluding carboxylic acids is 2. The van der Waals surface area contributed by atoms with E-state index in [9.17, 15) is 9.59 Å². The van der Waals surface area contributed by atoms with Crippen molar-refractivity contribution in [2.45, 2.75) is 0 Å². The zero-order valence-corrected chi connectivity index (χ0v) is 17.7. The molecule has 4 rings (SSSR count). The van der Waals surface area contributed by atoms with Gasteiger partial charge in [0, 0.05) is 37.3 Å². The molecule has 29 heavy (non-hydrogen) atoms. The van der Waals surface area contributed by atoms with Gasteiger partial charge in [0.2, 0.25) is 0 Å². The molecule has 0 N–H and O–H groups in total. The number of halogens is 1. The Hall–Kier alpha value is -2.86. The third-order valence-corrected chi connectivity index (χ3v) is 5.89. The number of ether oxygens (including phenoxy) is 1. The van der Waals surface area contributed by atoms with Gasteiger partial charge in [0.05, 0.1) is 11.6 Å². The van der Waals surface area contributed by atoms with Gasteiger partial charge in [-0.15, -0.1) is 0 Å². The lowest BCUT2D eigenvalue weighted by molar-refractivity contribution is 0.0536. The fourth-order valence-corrected chi connectivity index (χ4v) is 4.22. The van der Waals surface area contributed by atoms with Crippen molar-refractivity contribution in [3.8, 4) is 5.75 Å². The average molecular weight is 453 g/mol. The Morgan fingerprint density at radius 1 is 0.862 bits per heavy atom. The van der Waals surface area contributed by atoms with Crippen LogP contribution < -0.4 is 4.74 Å². The maximum absolute atomic E-state index is 13.1. The number of rotatable bonds is 3. The second-order valence-corrected chi connectivity index (χ2v) is 7.81. The molecule has 0 aromatic heterocycles. The number of hydrogen-bond donors (Lipinski definition) is 0. The molecule has 1 aliphatic rings. The summed E-state index contributed by atoms with van der Waals surface area (Å²) in [6.07, 6.45) is 0. The Kier molecular flexibility index (Phi) is 5.53. The number of nitrogens with zero attached hydrogens (tertiary/aromatic N) is 2. The van der Waals surface area contributed by atoms with Crippen LogP contribution in [0.2, 0.25) is 0 Å². The average Bonchev–Trinajstić information content (AvgIpc) is 2.77. The summed E-state index contributed by atoms with van der Waals surface area (Å²) in [5.41, 5.74) is 1.31. The second-order valence-electron chi connectivity index (χ2n) is 6.96.